The fourth-order valence-corrected chi connectivity index (χ4v) is 2.46. The van der Waals surface area contributed by atoms with E-state index in [0.29, 0.717) is 5.92 Å². The van der Waals surface area contributed by atoms with E-state index in [1.54, 1.807) is 0 Å². The number of primary amides is 1. The van der Waals surface area contributed by atoms with Crippen molar-refractivity contribution >= 4 is 6.03 Å². The average molecular weight is 218 g/mol. The Labute approximate surface area is 96.0 Å². The fraction of sp³-hybridized carbons (Fsp3) is 0.462. The van der Waals surface area contributed by atoms with E-state index < -0.39 is 6.03 Å². The summed E-state index contributed by atoms with van der Waals surface area (Å²) in [7, 11) is 0. The van der Waals surface area contributed by atoms with Crippen LogP contribution in [0.5, 0.6) is 0 Å². The van der Waals surface area contributed by atoms with E-state index in [-0.39, 0.29) is 6.04 Å². The van der Waals surface area contributed by atoms with Gasteiger partial charge in [-0.05, 0) is 37.7 Å². The van der Waals surface area contributed by atoms with Gasteiger partial charge in [-0.25, -0.2) is 4.79 Å². The van der Waals surface area contributed by atoms with Crippen LogP contribution in [0.4, 0.5) is 4.79 Å². The minimum Gasteiger partial charge on any atom is -0.352 e. The average Bonchev–Trinajstić information content (AvgIpc) is 2.66. The highest BCUT2D eigenvalue weighted by molar-refractivity contribution is 5.72. The van der Waals surface area contributed by atoms with E-state index in [9.17, 15) is 4.79 Å². The predicted molar refractivity (Wildman–Crippen MR) is 64.3 cm³/mol. The molecule has 1 saturated carbocycles. The first-order chi connectivity index (χ1) is 7.65. The second-order valence-electron chi connectivity index (χ2n) is 4.63. The van der Waals surface area contributed by atoms with E-state index in [1.807, 2.05) is 0 Å². The Morgan fingerprint density at radius 2 is 2.00 bits per heavy atom. The summed E-state index contributed by atoms with van der Waals surface area (Å²) < 4.78 is 0. The van der Waals surface area contributed by atoms with Gasteiger partial charge in [0.2, 0.25) is 0 Å². The lowest BCUT2D eigenvalue weighted by molar-refractivity contribution is 0.245. The minimum atomic E-state index is -0.408. The summed E-state index contributed by atoms with van der Waals surface area (Å²) in [5, 5.41) is 2.79. The van der Waals surface area contributed by atoms with Crippen molar-refractivity contribution in [1.82, 2.24) is 5.32 Å². The number of aryl methyl sites for hydroxylation is 1. The molecule has 2 amide bonds. The lowest BCUT2D eigenvalue weighted by Crippen LogP contribution is -2.36. The smallest absolute Gasteiger partial charge is 0.312 e. The van der Waals surface area contributed by atoms with Crippen molar-refractivity contribution in [3.8, 4) is 0 Å². The Hall–Kier alpha value is -1.51. The number of carbonyl (C=O) groups is 1. The van der Waals surface area contributed by atoms with Gasteiger partial charge in [0.25, 0.3) is 0 Å². The number of urea groups is 1. The number of hydrogen-bond acceptors (Lipinski definition) is 1. The second kappa shape index (κ2) is 4.56. The lowest BCUT2D eigenvalue weighted by Gasteiger charge is -2.12. The second-order valence-corrected chi connectivity index (χ2v) is 4.63. The molecule has 0 spiro atoms. The number of carbonyl (C=O) groups excluding carboxylic acids is 1. The standard InChI is InChI=1S/C13H18N2O/c1-9-2-4-10(5-3-9)11-6-7-12(8-11)15-13(14)16/h2-5,11-12H,6-8H2,1H3,(H3,14,15,16). The molecule has 16 heavy (non-hydrogen) atoms. The zero-order chi connectivity index (χ0) is 11.5. The van der Waals surface area contributed by atoms with Gasteiger partial charge in [-0.2, -0.15) is 0 Å². The van der Waals surface area contributed by atoms with E-state index in [1.165, 1.54) is 11.1 Å². The Morgan fingerprint density at radius 1 is 1.31 bits per heavy atom. The SMILES string of the molecule is Cc1ccc(C2CCC(NC(N)=O)C2)cc1. The maximum absolute atomic E-state index is 10.8. The monoisotopic (exact) mass is 218 g/mol. The third-order valence-corrected chi connectivity index (χ3v) is 3.33. The van der Waals surface area contributed by atoms with Gasteiger partial charge in [0.1, 0.15) is 0 Å². The quantitative estimate of drug-likeness (QED) is 0.786. The molecule has 3 heteroatoms. The van der Waals surface area contributed by atoms with Crippen molar-refractivity contribution in [2.24, 2.45) is 5.73 Å². The number of nitrogens with one attached hydrogen (secondary N) is 1. The molecule has 0 radical (unpaired) electrons. The molecule has 86 valence electrons. The Bertz CT molecular complexity index is 372. The lowest BCUT2D eigenvalue weighted by atomic mass is 9.96. The molecule has 1 aromatic rings. The van der Waals surface area contributed by atoms with Gasteiger partial charge in [0.05, 0.1) is 0 Å². The van der Waals surface area contributed by atoms with Crippen molar-refractivity contribution < 1.29 is 4.79 Å². The summed E-state index contributed by atoms with van der Waals surface area (Å²) in [5.41, 5.74) is 7.79. The molecule has 2 atom stereocenters. The van der Waals surface area contributed by atoms with Crippen LogP contribution in [0.25, 0.3) is 0 Å². The Kier molecular flexibility index (Phi) is 3.13. The molecule has 0 aromatic heterocycles. The van der Waals surface area contributed by atoms with Crippen LogP contribution in [0, 0.1) is 6.92 Å². The molecule has 1 aromatic carbocycles. The zero-order valence-corrected chi connectivity index (χ0v) is 9.57. The van der Waals surface area contributed by atoms with Crippen LogP contribution < -0.4 is 11.1 Å². The molecule has 3 N–H and O–H groups in total. The van der Waals surface area contributed by atoms with Crippen LogP contribution >= 0.6 is 0 Å². The van der Waals surface area contributed by atoms with Crippen molar-refractivity contribution in [2.75, 3.05) is 0 Å². The van der Waals surface area contributed by atoms with Gasteiger partial charge in [-0.1, -0.05) is 29.8 Å². The van der Waals surface area contributed by atoms with Gasteiger partial charge in [0, 0.05) is 6.04 Å². The van der Waals surface area contributed by atoms with Crippen molar-refractivity contribution in [3.05, 3.63) is 35.4 Å². The van der Waals surface area contributed by atoms with Crippen LogP contribution in [0.2, 0.25) is 0 Å². The summed E-state index contributed by atoms with van der Waals surface area (Å²) >= 11 is 0. The Morgan fingerprint density at radius 3 is 2.62 bits per heavy atom. The molecule has 3 nitrogen and oxygen atoms in total. The van der Waals surface area contributed by atoms with Crippen LogP contribution in [-0.4, -0.2) is 12.1 Å². The highest BCUT2D eigenvalue weighted by Gasteiger charge is 2.26. The van der Waals surface area contributed by atoms with E-state index in [0.717, 1.165) is 19.3 Å². The minimum absolute atomic E-state index is 0.254. The van der Waals surface area contributed by atoms with Crippen LogP contribution in [0.1, 0.15) is 36.3 Å². The number of benzene rings is 1. The first kappa shape index (κ1) is 11.0. The van der Waals surface area contributed by atoms with E-state index >= 15 is 0 Å². The molecule has 1 aliphatic carbocycles. The molecular weight excluding hydrogens is 200 g/mol. The maximum atomic E-state index is 10.8. The zero-order valence-electron chi connectivity index (χ0n) is 9.57. The van der Waals surface area contributed by atoms with Crippen LogP contribution in [0.15, 0.2) is 24.3 Å². The molecule has 2 rings (SSSR count). The van der Waals surface area contributed by atoms with Crippen molar-refractivity contribution in [1.29, 1.82) is 0 Å². The first-order valence-electron chi connectivity index (χ1n) is 5.77. The van der Waals surface area contributed by atoms with Gasteiger partial charge in [-0.3, -0.25) is 0 Å². The molecule has 2 unspecified atom stereocenters. The highest BCUT2D eigenvalue weighted by Crippen LogP contribution is 2.34. The number of rotatable bonds is 2. The number of hydrogen-bond donors (Lipinski definition) is 2. The third-order valence-electron chi connectivity index (χ3n) is 3.33. The van der Waals surface area contributed by atoms with E-state index in [4.69, 9.17) is 5.73 Å². The summed E-state index contributed by atoms with van der Waals surface area (Å²) in [6.45, 7) is 2.09. The molecule has 0 heterocycles. The molecule has 0 bridgehead atoms. The number of amides is 2. The first-order valence-corrected chi connectivity index (χ1v) is 5.77. The number of nitrogens with two attached hydrogens (primary N) is 1. The molecule has 0 aliphatic heterocycles. The molecule has 1 fully saturated rings. The van der Waals surface area contributed by atoms with Gasteiger partial charge in [-0.15, -0.1) is 0 Å². The summed E-state index contributed by atoms with van der Waals surface area (Å²) in [6, 6.07) is 8.51. The summed E-state index contributed by atoms with van der Waals surface area (Å²) in [5.74, 6) is 0.567. The molecular formula is C13H18N2O. The van der Waals surface area contributed by atoms with Gasteiger partial charge >= 0.3 is 6.03 Å². The Balaban J connectivity index is 1.98. The maximum Gasteiger partial charge on any atom is 0.312 e. The molecule has 0 saturated heterocycles. The fourth-order valence-electron chi connectivity index (χ4n) is 2.46. The highest BCUT2D eigenvalue weighted by atomic mass is 16.2. The topological polar surface area (TPSA) is 55.1 Å². The van der Waals surface area contributed by atoms with Crippen LogP contribution in [-0.2, 0) is 0 Å². The van der Waals surface area contributed by atoms with Gasteiger partial charge in [0.15, 0.2) is 0 Å². The largest absolute Gasteiger partial charge is 0.352 e. The van der Waals surface area contributed by atoms with Gasteiger partial charge < -0.3 is 11.1 Å². The predicted octanol–water partition coefficient (Wildman–Crippen LogP) is 2.30. The van der Waals surface area contributed by atoms with Crippen LogP contribution in [0.3, 0.4) is 0 Å². The van der Waals surface area contributed by atoms with Crippen molar-refractivity contribution in [2.45, 2.75) is 38.1 Å². The van der Waals surface area contributed by atoms with Crippen molar-refractivity contribution in [3.63, 3.8) is 0 Å². The molecule has 1 aliphatic rings. The summed E-state index contributed by atoms with van der Waals surface area (Å²) in [6.07, 6.45) is 3.17. The van der Waals surface area contributed by atoms with E-state index in [2.05, 4.69) is 36.5 Å². The summed E-state index contributed by atoms with van der Waals surface area (Å²) in [4.78, 5) is 10.8. The normalized spacial score (nSPS) is 24.3. The third kappa shape index (κ3) is 2.54.